The van der Waals surface area contributed by atoms with E-state index in [-0.39, 0.29) is 17.9 Å². The summed E-state index contributed by atoms with van der Waals surface area (Å²) in [5.74, 6) is 0.422. The molecule has 24 heavy (non-hydrogen) atoms. The van der Waals surface area contributed by atoms with Crippen LogP contribution < -0.4 is 5.32 Å². The van der Waals surface area contributed by atoms with E-state index in [9.17, 15) is 4.79 Å². The van der Waals surface area contributed by atoms with Crippen molar-refractivity contribution in [2.45, 2.75) is 40.3 Å². The van der Waals surface area contributed by atoms with Gasteiger partial charge in [0.1, 0.15) is 0 Å². The molecule has 1 amide bonds. The van der Waals surface area contributed by atoms with Gasteiger partial charge in [0, 0.05) is 25.3 Å². The summed E-state index contributed by atoms with van der Waals surface area (Å²) in [6, 6.07) is 10.3. The minimum absolute atomic E-state index is 0.0766. The number of carbonyl (C=O) groups is 1. The zero-order valence-electron chi connectivity index (χ0n) is 14.9. The lowest BCUT2D eigenvalue weighted by Crippen LogP contribution is -2.56. The van der Waals surface area contributed by atoms with Gasteiger partial charge < -0.3 is 5.32 Å². The van der Waals surface area contributed by atoms with Crippen molar-refractivity contribution in [1.29, 1.82) is 0 Å². The molecule has 1 aliphatic rings. The van der Waals surface area contributed by atoms with Crippen LogP contribution in [0, 0.1) is 19.8 Å². The van der Waals surface area contributed by atoms with Crippen molar-refractivity contribution >= 4 is 5.91 Å². The number of piperazine rings is 1. The molecular formula is C19H26N4O. The third kappa shape index (κ3) is 3.22. The summed E-state index contributed by atoms with van der Waals surface area (Å²) in [7, 11) is 0. The number of hydrogen-bond acceptors (Lipinski definition) is 3. The standard InChI is InChI=1S/C19H26N4O/c1-13(2)18-19(24)20-9-10-22(18)12-16-7-5-6-8-17(16)23-15(4)11-14(3)21-23/h5-8,11,13,18H,9-10,12H2,1-4H3,(H,20,24). The fourth-order valence-electron chi connectivity index (χ4n) is 3.58. The average Bonchev–Trinajstić information content (AvgIpc) is 2.86. The van der Waals surface area contributed by atoms with Gasteiger partial charge in [-0.3, -0.25) is 9.69 Å². The maximum absolute atomic E-state index is 12.3. The predicted octanol–water partition coefficient (Wildman–Crippen LogP) is 2.45. The molecule has 1 aromatic carbocycles. The van der Waals surface area contributed by atoms with Gasteiger partial charge in [-0.2, -0.15) is 5.10 Å². The number of nitrogens with zero attached hydrogens (tertiary/aromatic N) is 3. The highest BCUT2D eigenvalue weighted by Gasteiger charge is 2.32. The number of carbonyl (C=O) groups excluding carboxylic acids is 1. The third-order valence-electron chi connectivity index (χ3n) is 4.59. The first-order chi connectivity index (χ1) is 11.5. The lowest BCUT2D eigenvalue weighted by Gasteiger charge is -2.37. The zero-order valence-corrected chi connectivity index (χ0v) is 14.9. The van der Waals surface area contributed by atoms with E-state index in [1.54, 1.807) is 0 Å². The van der Waals surface area contributed by atoms with Crippen molar-refractivity contribution in [3.8, 4) is 5.69 Å². The monoisotopic (exact) mass is 326 g/mol. The molecule has 5 heteroatoms. The summed E-state index contributed by atoms with van der Waals surface area (Å²) in [6.07, 6.45) is 0. The van der Waals surface area contributed by atoms with Gasteiger partial charge in [0.25, 0.3) is 0 Å². The van der Waals surface area contributed by atoms with E-state index in [0.717, 1.165) is 30.2 Å². The fourth-order valence-corrected chi connectivity index (χ4v) is 3.58. The van der Waals surface area contributed by atoms with E-state index in [2.05, 4.69) is 60.4 Å². The van der Waals surface area contributed by atoms with Crippen LogP contribution in [0.1, 0.15) is 30.8 Å². The molecule has 5 nitrogen and oxygen atoms in total. The number of para-hydroxylation sites is 1. The van der Waals surface area contributed by atoms with E-state index in [4.69, 9.17) is 0 Å². The Hall–Kier alpha value is -2.14. The lowest BCUT2D eigenvalue weighted by molar-refractivity contribution is -0.131. The first-order valence-electron chi connectivity index (χ1n) is 8.60. The third-order valence-corrected chi connectivity index (χ3v) is 4.59. The van der Waals surface area contributed by atoms with Crippen LogP contribution in [0.3, 0.4) is 0 Å². The average molecular weight is 326 g/mol. The molecular weight excluding hydrogens is 300 g/mol. The Bertz CT molecular complexity index is 735. The maximum Gasteiger partial charge on any atom is 0.237 e. The van der Waals surface area contributed by atoms with E-state index in [0.29, 0.717) is 6.54 Å². The molecule has 0 bridgehead atoms. The van der Waals surface area contributed by atoms with Crippen molar-refractivity contribution in [2.24, 2.45) is 5.92 Å². The zero-order chi connectivity index (χ0) is 17.3. The quantitative estimate of drug-likeness (QED) is 0.939. The number of benzene rings is 1. The van der Waals surface area contributed by atoms with Crippen molar-refractivity contribution in [2.75, 3.05) is 13.1 Å². The summed E-state index contributed by atoms with van der Waals surface area (Å²) >= 11 is 0. The van der Waals surface area contributed by atoms with Crippen molar-refractivity contribution in [1.82, 2.24) is 20.0 Å². The number of aromatic nitrogens is 2. The Labute approximate surface area is 143 Å². The van der Waals surface area contributed by atoms with Crippen molar-refractivity contribution < 1.29 is 4.79 Å². The fraction of sp³-hybridized carbons (Fsp3) is 0.474. The molecule has 1 N–H and O–H groups in total. The minimum Gasteiger partial charge on any atom is -0.353 e. The molecule has 1 atom stereocenters. The van der Waals surface area contributed by atoms with Crippen LogP contribution in [0.15, 0.2) is 30.3 Å². The Morgan fingerprint density at radius 3 is 2.71 bits per heavy atom. The van der Waals surface area contributed by atoms with Crippen LogP contribution in [0.2, 0.25) is 0 Å². The Morgan fingerprint density at radius 2 is 2.04 bits per heavy atom. The van der Waals surface area contributed by atoms with Crippen LogP contribution >= 0.6 is 0 Å². The number of hydrogen-bond donors (Lipinski definition) is 1. The van der Waals surface area contributed by atoms with Gasteiger partial charge in [0.15, 0.2) is 0 Å². The van der Waals surface area contributed by atoms with Gasteiger partial charge in [-0.1, -0.05) is 32.0 Å². The van der Waals surface area contributed by atoms with Gasteiger partial charge in [-0.25, -0.2) is 4.68 Å². The van der Waals surface area contributed by atoms with Crippen LogP contribution in [0.25, 0.3) is 5.69 Å². The van der Waals surface area contributed by atoms with Crippen LogP contribution in [-0.2, 0) is 11.3 Å². The molecule has 2 aromatic rings. The molecule has 0 spiro atoms. The van der Waals surface area contributed by atoms with Crippen LogP contribution in [0.4, 0.5) is 0 Å². The smallest absolute Gasteiger partial charge is 0.237 e. The van der Waals surface area contributed by atoms with Gasteiger partial charge in [-0.15, -0.1) is 0 Å². The molecule has 0 radical (unpaired) electrons. The Morgan fingerprint density at radius 1 is 1.29 bits per heavy atom. The van der Waals surface area contributed by atoms with Crippen molar-refractivity contribution in [3.63, 3.8) is 0 Å². The van der Waals surface area contributed by atoms with Gasteiger partial charge in [0.05, 0.1) is 17.4 Å². The second-order valence-electron chi connectivity index (χ2n) is 6.92. The summed E-state index contributed by atoms with van der Waals surface area (Å²) in [4.78, 5) is 14.6. The first-order valence-corrected chi connectivity index (χ1v) is 8.60. The SMILES string of the molecule is Cc1cc(C)n(-c2ccccc2CN2CCNC(=O)C2C(C)C)n1. The summed E-state index contributed by atoms with van der Waals surface area (Å²) < 4.78 is 2.00. The van der Waals surface area contributed by atoms with Crippen LogP contribution in [0.5, 0.6) is 0 Å². The topological polar surface area (TPSA) is 50.2 Å². The summed E-state index contributed by atoms with van der Waals surface area (Å²) in [5, 5.41) is 7.61. The van der Waals surface area contributed by atoms with E-state index in [1.807, 2.05) is 17.7 Å². The number of amides is 1. The maximum atomic E-state index is 12.3. The lowest BCUT2D eigenvalue weighted by atomic mass is 9.98. The Kier molecular flexibility index (Phi) is 4.71. The molecule has 1 unspecified atom stereocenters. The molecule has 1 saturated heterocycles. The van der Waals surface area contributed by atoms with Gasteiger partial charge >= 0.3 is 0 Å². The Balaban J connectivity index is 1.93. The number of rotatable bonds is 4. The van der Waals surface area contributed by atoms with E-state index < -0.39 is 0 Å². The predicted molar refractivity (Wildman–Crippen MR) is 95.1 cm³/mol. The van der Waals surface area contributed by atoms with E-state index >= 15 is 0 Å². The van der Waals surface area contributed by atoms with Gasteiger partial charge in [0.2, 0.25) is 5.91 Å². The molecule has 0 saturated carbocycles. The molecule has 1 aromatic heterocycles. The molecule has 1 fully saturated rings. The molecule has 128 valence electrons. The number of aryl methyl sites for hydroxylation is 2. The molecule has 1 aliphatic heterocycles. The summed E-state index contributed by atoms with van der Waals surface area (Å²) in [6.45, 7) is 10.6. The second-order valence-corrected chi connectivity index (χ2v) is 6.92. The summed E-state index contributed by atoms with van der Waals surface area (Å²) in [5.41, 5.74) is 4.43. The minimum atomic E-state index is -0.0766. The highest BCUT2D eigenvalue weighted by molar-refractivity contribution is 5.82. The second kappa shape index (κ2) is 6.77. The first kappa shape index (κ1) is 16.7. The highest BCUT2D eigenvalue weighted by atomic mass is 16.2. The molecule has 2 heterocycles. The number of nitrogens with one attached hydrogen (secondary N) is 1. The highest BCUT2D eigenvalue weighted by Crippen LogP contribution is 2.22. The van der Waals surface area contributed by atoms with Crippen molar-refractivity contribution in [3.05, 3.63) is 47.3 Å². The van der Waals surface area contributed by atoms with Gasteiger partial charge in [-0.05, 0) is 37.5 Å². The molecule has 0 aliphatic carbocycles. The molecule has 3 rings (SSSR count). The largest absolute Gasteiger partial charge is 0.353 e. The van der Waals surface area contributed by atoms with E-state index in [1.165, 1.54) is 5.56 Å². The van der Waals surface area contributed by atoms with Crippen LogP contribution in [-0.4, -0.2) is 39.7 Å². The normalized spacial score (nSPS) is 18.9.